The lowest BCUT2D eigenvalue weighted by atomic mass is 9.98. The zero-order valence-electron chi connectivity index (χ0n) is 8.75. The van der Waals surface area contributed by atoms with E-state index < -0.39 is 17.4 Å². The van der Waals surface area contributed by atoms with Gasteiger partial charge in [0.1, 0.15) is 5.67 Å². The van der Waals surface area contributed by atoms with Crippen LogP contribution in [0.25, 0.3) is 0 Å². The molecule has 1 aromatic rings. The number of carboxylic acids is 1. The Hall–Kier alpha value is -1.42. The highest BCUT2D eigenvalue weighted by Crippen LogP contribution is 2.28. The number of aliphatic carboxylic acids is 1. The van der Waals surface area contributed by atoms with Crippen molar-refractivity contribution in [3.8, 4) is 0 Å². The Morgan fingerprint density at radius 2 is 1.94 bits per heavy atom. The van der Waals surface area contributed by atoms with Crippen LogP contribution in [0.15, 0.2) is 18.2 Å². The first-order chi connectivity index (χ1) is 7.23. The Bertz CT molecular complexity index is 449. The summed E-state index contributed by atoms with van der Waals surface area (Å²) in [4.78, 5) is 21.6. The minimum Gasteiger partial charge on any atom is -0.475 e. The summed E-state index contributed by atoms with van der Waals surface area (Å²) in [5.74, 6) is -2.69. The van der Waals surface area contributed by atoms with Crippen molar-refractivity contribution in [2.45, 2.75) is 19.5 Å². The summed E-state index contributed by atoms with van der Waals surface area (Å²) in [5, 5.41) is 8.45. The van der Waals surface area contributed by atoms with E-state index in [0.717, 1.165) is 0 Å². The number of hydrogen-bond acceptors (Lipinski definition) is 2. The second-order valence-electron chi connectivity index (χ2n) is 3.80. The molecule has 5 heteroatoms. The second kappa shape index (κ2) is 4.22. The molecule has 0 fully saturated rings. The van der Waals surface area contributed by atoms with Crippen LogP contribution in [0.2, 0.25) is 5.02 Å². The van der Waals surface area contributed by atoms with Gasteiger partial charge in [-0.2, -0.15) is 0 Å². The van der Waals surface area contributed by atoms with E-state index in [1.807, 2.05) is 0 Å². The first-order valence-corrected chi connectivity index (χ1v) is 4.88. The van der Waals surface area contributed by atoms with Gasteiger partial charge >= 0.3 is 5.97 Å². The summed E-state index contributed by atoms with van der Waals surface area (Å²) in [6.07, 6.45) is 0. The molecule has 0 bridgehead atoms. The molecule has 0 aromatic heterocycles. The van der Waals surface area contributed by atoms with Crippen LogP contribution in [-0.4, -0.2) is 16.9 Å². The summed E-state index contributed by atoms with van der Waals surface area (Å²) >= 11 is 5.72. The third-order valence-electron chi connectivity index (χ3n) is 2.09. The monoisotopic (exact) mass is 244 g/mol. The number of halogens is 2. The van der Waals surface area contributed by atoms with Crippen molar-refractivity contribution in [1.82, 2.24) is 0 Å². The Morgan fingerprint density at radius 1 is 1.38 bits per heavy atom. The van der Waals surface area contributed by atoms with Crippen LogP contribution in [-0.2, 0) is 10.5 Å². The number of carbonyl (C=O) groups excluding carboxylic acids is 1. The molecule has 0 radical (unpaired) electrons. The SMILES string of the molecule is CC(C)(F)c1ccc(C(=O)C(=O)O)c(Cl)c1. The van der Waals surface area contributed by atoms with Gasteiger partial charge in [-0.3, -0.25) is 4.79 Å². The number of alkyl halides is 1. The van der Waals surface area contributed by atoms with Gasteiger partial charge in [-0.05, 0) is 31.5 Å². The Kier molecular flexibility index (Phi) is 3.33. The van der Waals surface area contributed by atoms with Crippen molar-refractivity contribution in [3.05, 3.63) is 34.3 Å². The van der Waals surface area contributed by atoms with Gasteiger partial charge in [0.25, 0.3) is 5.78 Å². The molecule has 0 spiro atoms. The highest BCUT2D eigenvalue weighted by molar-refractivity contribution is 6.45. The van der Waals surface area contributed by atoms with Crippen LogP contribution in [0.1, 0.15) is 29.8 Å². The predicted molar refractivity (Wildman–Crippen MR) is 57.6 cm³/mol. The molecule has 1 rings (SSSR count). The van der Waals surface area contributed by atoms with E-state index in [1.165, 1.54) is 32.0 Å². The molecule has 1 aromatic carbocycles. The number of carbonyl (C=O) groups is 2. The van der Waals surface area contributed by atoms with E-state index in [4.69, 9.17) is 16.7 Å². The van der Waals surface area contributed by atoms with Crippen molar-refractivity contribution in [1.29, 1.82) is 0 Å². The van der Waals surface area contributed by atoms with E-state index >= 15 is 0 Å². The number of benzene rings is 1. The maximum Gasteiger partial charge on any atom is 0.377 e. The van der Waals surface area contributed by atoms with Gasteiger partial charge in [-0.25, -0.2) is 9.18 Å². The number of ketones is 1. The molecule has 0 saturated carbocycles. The fourth-order valence-corrected chi connectivity index (χ4v) is 1.45. The van der Waals surface area contributed by atoms with E-state index in [1.54, 1.807) is 0 Å². The molecule has 0 atom stereocenters. The normalized spacial score (nSPS) is 11.2. The van der Waals surface area contributed by atoms with Gasteiger partial charge < -0.3 is 5.11 Å². The summed E-state index contributed by atoms with van der Waals surface area (Å²) in [7, 11) is 0. The zero-order valence-corrected chi connectivity index (χ0v) is 9.51. The molecule has 3 nitrogen and oxygen atoms in total. The van der Waals surface area contributed by atoms with Crippen LogP contribution in [0.5, 0.6) is 0 Å². The van der Waals surface area contributed by atoms with Crippen LogP contribution in [0.3, 0.4) is 0 Å². The topological polar surface area (TPSA) is 54.4 Å². The molecule has 0 heterocycles. The van der Waals surface area contributed by atoms with Gasteiger partial charge in [0, 0.05) is 5.56 Å². The number of Topliss-reactive ketones (excluding diaryl/α,β-unsaturated/α-hetero) is 1. The smallest absolute Gasteiger partial charge is 0.377 e. The quantitative estimate of drug-likeness (QED) is 0.657. The van der Waals surface area contributed by atoms with E-state index in [-0.39, 0.29) is 10.6 Å². The number of carboxylic acid groups (broad SMARTS) is 1. The predicted octanol–water partition coefficient (Wildman–Crippen LogP) is 2.81. The molecular weight excluding hydrogens is 235 g/mol. The van der Waals surface area contributed by atoms with E-state index in [9.17, 15) is 14.0 Å². The minimum absolute atomic E-state index is 0.0596. The summed E-state index contributed by atoms with van der Waals surface area (Å²) < 4.78 is 13.5. The minimum atomic E-state index is -1.59. The molecule has 0 aliphatic heterocycles. The second-order valence-corrected chi connectivity index (χ2v) is 4.21. The molecule has 0 unspecified atom stereocenters. The molecule has 1 N–H and O–H groups in total. The van der Waals surface area contributed by atoms with Crippen LogP contribution in [0.4, 0.5) is 4.39 Å². The first-order valence-electron chi connectivity index (χ1n) is 4.50. The fourth-order valence-electron chi connectivity index (χ4n) is 1.18. The molecular formula is C11H10ClFO3. The first kappa shape index (κ1) is 12.6. The van der Waals surface area contributed by atoms with Crippen LogP contribution >= 0.6 is 11.6 Å². The maximum absolute atomic E-state index is 13.5. The Morgan fingerprint density at radius 3 is 2.31 bits per heavy atom. The van der Waals surface area contributed by atoms with Crippen molar-refractivity contribution in [2.75, 3.05) is 0 Å². The Labute approximate surface area is 96.8 Å². The van der Waals surface area contributed by atoms with Crippen molar-refractivity contribution < 1.29 is 19.1 Å². The Balaban J connectivity index is 3.20. The van der Waals surface area contributed by atoms with E-state index in [0.29, 0.717) is 5.56 Å². The lowest BCUT2D eigenvalue weighted by Crippen LogP contribution is -2.15. The molecule has 0 saturated heterocycles. The van der Waals surface area contributed by atoms with Crippen LogP contribution in [0, 0.1) is 0 Å². The molecule has 86 valence electrons. The third kappa shape index (κ3) is 2.58. The van der Waals surface area contributed by atoms with Gasteiger partial charge in [0.2, 0.25) is 0 Å². The summed E-state index contributed by atoms with van der Waals surface area (Å²) in [6, 6.07) is 3.83. The van der Waals surface area contributed by atoms with Gasteiger partial charge in [-0.15, -0.1) is 0 Å². The third-order valence-corrected chi connectivity index (χ3v) is 2.41. The number of hydrogen-bond donors (Lipinski definition) is 1. The largest absolute Gasteiger partial charge is 0.475 e. The average molecular weight is 245 g/mol. The van der Waals surface area contributed by atoms with Crippen molar-refractivity contribution >= 4 is 23.4 Å². The van der Waals surface area contributed by atoms with Gasteiger partial charge in [0.15, 0.2) is 0 Å². The standard InChI is InChI=1S/C11H10ClFO3/c1-11(2,13)6-3-4-7(8(12)5-6)9(14)10(15)16/h3-5H,1-2H3,(H,15,16). The summed E-state index contributed by atoms with van der Waals surface area (Å²) in [5.41, 5.74) is -1.43. The van der Waals surface area contributed by atoms with Gasteiger partial charge in [-0.1, -0.05) is 17.7 Å². The maximum atomic E-state index is 13.5. The van der Waals surface area contributed by atoms with Gasteiger partial charge in [0.05, 0.1) is 5.02 Å². The average Bonchev–Trinajstić information content (AvgIpc) is 2.15. The van der Waals surface area contributed by atoms with Crippen molar-refractivity contribution in [3.63, 3.8) is 0 Å². The van der Waals surface area contributed by atoms with E-state index in [2.05, 4.69) is 0 Å². The highest BCUT2D eigenvalue weighted by atomic mass is 35.5. The molecule has 0 aliphatic rings. The molecule has 0 aliphatic carbocycles. The molecule has 0 amide bonds. The lowest BCUT2D eigenvalue weighted by Gasteiger charge is -2.15. The molecule has 16 heavy (non-hydrogen) atoms. The number of rotatable bonds is 3. The lowest BCUT2D eigenvalue weighted by molar-refractivity contribution is -0.131. The van der Waals surface area contributed by atoms with Crippen LogP contribution < -0.4 is 0 Å². The fraction of sp³-hybridized carbons (Fsp3) is 0.273. The summed E-state index contributed by atoms with van der Waals surface area (Å²) in [6.45, 7) is 2.69. The highest BCUT2D eigenvalue weighted by Gasteiger charge is 2.23. The van der Waals surface area contributed by atoms with Crippen molar-refractivity contribution in [2.24, 2.45) is 0 Å². The zero-order chi connectivity index (χ0) is 12.5.